The predicted molar refractivity (Wildman–Crippen MR) is 80.9 cm³/mol. The van der Waals surface area contributed by atoms with Crippen LogP contribution in [0.5, 0.6) is 5.75 Å². The van der Waals surface area contributed by atoms with Crippen LogP contribution in [0.4, 0.5) is 0 Å². The Balaban J connectivity index is 2.12. The van der Waals surface area contributed by atoms with Gasteiger partial charge in [0, 0.05) is 18.5 Å². The van der Waals surface area contributed by atoms with Crippen LogP contribution in [0.3, 0.4) is 0 Å². The van der Waals surface area contributed by atoms with Crippen LogP contribution >= 0.6 is 11.6 Å². The van der Waals surface area contributed by atoms with E-state index in [-0.39, 0.29) is 12.4 Å². The number of rotatable bonds is 5. The minimum Gasteiger partial charge on any atom is -0.484 e. The molecule has 6 heteroatoms. The van der Waals surface area contributed by atoms with Gasteiger partial charge >= 0.3 is 0 Å². The summed E-state index contributed by atoms with van der Waals surface area (Å²) in [6.07, 6.45) is 0. The lowest BCUT2D eigenvalue weighted by Crippen LogP contribution is -2.07. The van der Waals surface area contributed by atoms with Gasteiger partial charge < -0.3 is 9.30 Å². The molecule has 0 N–H and O–H groups in total. The first kappa shape index (κ1) is 15.5. The van der Waals surface area contributed by atoms with Crippen molar-refractivity contribution in [2.45, 2.75) is 33.3 Å². The zero-order chi connectivity index (χ0) is 15.6. The van der Waals surface area contributed by atoms with Crippen LogP contribution in [0.1, 0.15) is 48.7 Å². The van der Waals surface area contributed by atoms with Gasteiger partial charge in [-0.15, -0.1) is 10.2 Å². The molecule has 1 heterocycles. The number of hydrogen-bond acceptors (Lipinski definition) is 4. The SMILES string of the molecule is CC(=O)c1ccc(OCc2nnc(C(C)C)n2C)c(Cl)c1. The molecule has 112 valence electrons. The Morgan fingerprint density at radius 3 is 2.62 bits per heavy atom. The van der Waals surface area contributed by atoms with E-state index in [1.807, 2.05) is 11.6 Å². The van der Waals surface area contributed by atoms with Gasteiger partial charge in [0.25, 0.3) is 0 Å². The molecule has 1 aromatic carbocycles. The Hall–Kier alpha value is -1.88. The van der Waals surface area contributed by atoms with Gasteiger partial charge in [-0.2, -0.15) is 0 Å². The van der Waals surface area contributed by atoms with Crippen molar-refractivity contribution in [3.8, 4) is 5.75 Å². The Kier molecular flexibility index (Phi) is 4.63. The number of ether oxygens (including phenoxy) is 1. The summed E-state index contributed by atoms with van der Waals surface area (Å²) in [5.74, 6) is 2.43. The van der Waals surface area contributed by atoms with E-state index in [9.17, 15) is 4.79 Å². The Morgan fingerprint density at radius 2 is 2.10 bits per heavy atom. The first-order chi connectivity index (χ1) is 9.90. The van der Waals surface area contributed by atoms with Crippen molar-refractivity contribution in [3.05, 3.63) is 40.4 Å². The van der Waals surface area contributed by atoms with E-state index in [0.717, 1.165) is 11.6 Å². The molecule has 0 fully saturated rings. The third kappa shape index (κ3) is 3.42. The van der Waals surface area contributed by atoms with Gasteiger partial charge in [0.2, 0.25) is 0 Å². The fraction of sp³-hybridized carbons (Fsp3) is 0.400. The number of benzene rings is 1. The molecule has 0 spiro atoms. The Labute approximate surface area is 128 Å². The van der Waals surface area contributed by atoms with Gasteiger partial charge in [0.05, 0.1) is 5.02 Å². The fourth-order valence-corrected chi connectivity index (χ4v) is 2.22. The molecule has 0 atom stereocenters. The molecule has 0 saturated heterocycles. The normalized spacial score (nSPS) is 11.0. The topological polar surface area (TPSA) is 57.0 Å². The Bertz CT molecular complexity index is 665. The maximum Gasteiger partial charge on any atom is 0.170 e. The molecule has 0 radical (unpaired) electrons. The van der Waals surface area contributed by atoms with Crippen LogP contribution in [0.15, 0.2) is 18.2 Å². The van der Waals surface area contributed by atoms with Gasteiger partial charge in [0.15, 0.2) is 11.6 Å². The van der Waals surface area contributed by atoms with E-state index in [1.165, 1.54) is 6.92 Å². The zero-order valence-corrected chi connectivity index (χ0v) is 13.3. The molecule has 2 aromatic rings. The van der Waals surface area contributed by atoms with Gasteiger partial charge in [-0.25, -0.2) is 0 Å². The summed E-state index contributed by atoms with van der Waals surface area (Å²) in [4.78, 5) is 11.3. The smallest absolute Gasteiger partial charge is 0.170 e. The number of nitrogens with zero attached hydrogens (tertiary/aromatic N) is 3. The lowest BCUT2D eigenvalue weighted by Gasteiger charge is -2.09. The number of aromatic nitrogens is 3. The standard InChI is InChI=1S/C15H18ClN3O2/c1-9(2)15-18-17-14(19(15)4)8-21-13-6-5-11(10(3)20)7-12(13)16/h5-7,9H,8H2,1-4H3. The van der Waals surface area contributed by atoms with Gasteiger partial charge in [-0.3, -0.25) is 4.79 Å². The number of hydrogen-bond donors (Lipinski definition) is 0. The summed E-state index contributed by atoms with van der Waals surface area (Å²) < 4.78 is 7.58. The highest BCUT2D eigenvalue weighted by atomic mass is 35.5. The lowest BCUT2D eigenvalue weighted by atomic mass is 10.1. The fourth-order valence-electron chi connectivity index (χ4n) is 1.98. The van der Waals surface area contributed by atoms with Crippen molar-refractivity contribution in [1.29, 1.82) is 0 Å². The van der Waals surface area contributed by atoms with E-state index in [4.69, 9.17) is 16.3 Å². The average molecular weight is 308 g/mol. The van der Waals surface area contributed by atoms with Gasteiger partial charge in [-0.1, -0.05) is 25.4 Å². The molecule has 0 saturated carbocycles. The summed E-state index contributed by atoms with van der Waals surface area (Å²) in [5, 5.41) is 8.67. The highest BCUT2D eigenvalue weighted by molar-refractivity contribution is 6.32. The summed E-state index contributed by atoms with van der Waals surface area (Å²) in [7, 11) is 1.91. The summed E-state index contributed by atoms with van der Waals surface area (Å²) in [5.41, 5.74) is 0.563. The molecular weight excluding hydrogens is 290 g/mol. The summed E-state index contributed by atoms with van der Waals surface area (Å²) in [6, 6.07) is 4.99. The largest absolute Gasteiger partial charge is 0.484 e. The molecule has 0 unspecified atom stereocenters. The molecule has 1 aromatic heterocycles. The molecule has 0 aliphatic heterocycles. The first-order valence-electron chi connectivity index (χ1n) is 6.71. The number of carbonyl (C=O) groups excluding carboxylic acids is 1. The Morgan fingerprint density at radius 1 is 1.38 bits per heavy atom. The van der Waals surface area contributed by atoms with Crippen LogP contribution in [-0.2, 0) is 13.7 Å². The highest BCUT2D eigenvalue weighted by Gasteiger charge is 2.13. The van der Waals surface area contributed by atoms with Gasteiger partial charge in [0.1, 0.15) is 18.2 Å². The van der Waals surface area contributed by atoms with Crippen molar-refractivity contribution >= 4 is 17.4 Å². The zero-order valence-electron chi connectivity index (χ0n) is 12.6. The quantitative estimate of drug-likeness (QED) is 0.795. The maximum atomic E-state index is 11.3. The molecule has 21 heavy (non-hydrogen) atoms. The molecule has 2 rings (SSSR count). The predicted octanol–water partition coefficient (Wildman–Crippen LogP) is 3.37. The second kappa shape index (κ2) is 6.26. The molecule has 5 nitrogen and oxygen atoms in total. The third-order valence-electron chi connectivity index (χ3n) is 3.21. The molecule has 0 bridgehead atoms. The van der Waals surface area contributed by atoms with E-state index in [0.29, 0.717) is 22.3 Å². The minimum absolute atomic E-state index is 0.0293. The maximum absolute atomic E-state index is 11.3. The van der Waals surface area contributed by atoms with E-state index >= 15 is 0 Å². The van der Waals surface area contributed by atoms with Crippen molar-refractivity contribution in [1.82, 2.24) is 14.8 Å². The number of halogens is 1. The molecular formula is C15H18ClN3O2. The highest BCUT2D eigenvalue weighted by Crippen LogP contribution is 2.26. The van der Waals surface area contributed by atoms with E-state index in [2.05, 4.69) is 24.0 Å². The van der Waals surface area contributed by atoms with Crippen LogP contribution in [0, 0.1) is 0 Å². The second-order valence-electron chi connectivity index (χ2n) is 5.18. The van der Waals surface area contributed by atoms with E-state index in [1.54, 1.807) is 18.2 Å². The lowest BCUT2D eigenvalue weighted by molar-refractivity contribution is 0.101. The summed E-state index contributed by atoms with van der Waals surface area (Å²) >= 11 is 6.12. The van der Waals surface area contributed by atoms with Crippen molar-refractivity contribution in [2.24, 2.45) is 7.05 Å². The molecule has 0 aliphatic carbocycles. The average Bonchev–Trinajstić information content (AvgIpc) is 2.78. The molecule has 0 amide bonds. The number of ketones is 1. The minimum atomic E-state index is -0.0293. The summed E-state index contributed by atoms with van der Waals surface area (Å²) in [6.45, 7) is 5.90. The number of carbonyl (C=O) groups is 1. The number of Topliss-reactive ketones (excluding diaryl/α,β-unsaturated/α-hetero) is 1. The first-order valence-corrected chi connectivity index (χ1v) is 7.09. The van der Waals surface area contributed by atoms with Gasteiger partial charge in [-0.05, 0) is 25.1 Å². The van der Waals surface area contributed by atoms with E-state index < -0.39 is 0 Å². The molecule has 0 aliphatic rings. The third-order valence-corrected chi connectivity index (χ3v) is 3.51. The van der Waals surface area contributed by atoms with Crippen LogP contribution in [0.25, 0.3) is 0 Å². The van der Waals surface area contributed by atoms with Crippen LogP contribution < -0.4 is 4.74 Å². The van der Waals surface area contributed by atoms with Crippen molar-refractivity contribution in [2.75, 3.05) is 0 Å². The van der Waals surface area contributed by atoms with Crippen LogP contribution in [-0.4, -0.2) is 20.5 Å². The van der Waals surface area contributed by atoms with Crippen molar-refractivity contribution < 1.29 is 9.53 Å². The monoisotopic (exact) mass is 307 g/mol. The van der Waals surface area contributed by atoms with Crippen LogP contribution in [0.2, 0.25) is 5.02 Å². The second-order valence-corrected chi connectivity index (χ2v) is 5.59. The van der Waals surface area contributed by atoms with Crippen molar-refractivity contribution in [3.63, 3.8) is 0 Å².